The van der Waals surface area contributed by atoms with E-state index in [2.05, 4.69) is 36.1 Å². The third kappa shape index (κ3) is 5.60. The largest absolute Gasteiger partial charge is 0.368 e. The van der Waals surface area contributed by atoms with Crippen molar-refractivity contribution >= 4 is 64.1 Å². The summed E-state index contributed by atoms with van der Waals surface area (Å²) >= 11 is 21.9. The fraction of sp³-hybridized carbons (Fsp3) is 0.375. The van der Waals surface area contributed by atoms with Gasteiger partial charge >= 0.3 is 0 Å². The zero-order valence-corrected chi connectivity index (χ0v) is 17.4. The van der Waals surface area contributed by atoms with Crippen LogP contribution < -0.4 is 5.32 Å². The number of nitrogens with one attached hydrogen (secondary N) is 1. The second kappa shape index (κ2) is 9.39. The molecule has 0 spiro atoms. The van der Waals surface area contributed by atoms with Crippen LogP contribution in [0.25, 0.3) is 0 Å². The summed E-state index contributed by atoms with van der Waals surface area (Å²) < 4.78 is 0. The standard InChI is InChI=1S/C16H18Cl3N3S2/c1-9(2)23-12-5-7-21-16(14(12)18)22-8-10(3)24-11-4-6-20-15(19)13(11)17/h4-7,9-10H,8H2,1-3H3,(H,21,22). The van der Waals surface area contributed by atoms with Crippen LogP contribution in [0.3, 0.4) is 0 Å². The normalized spacial score (nSPS) is 12.5. The van der Waals surface area contributed by atoms with Gasteiger partial charge in [0, 0.05) is 39.2 Å². The fourth-order valence-corrected chi connectivity index (χ4v) is 4.44. The van der Waals surface area contributed by atoms with Crippen molar-refractivity contribution in [3.05, 3.63) is 39.7 Å². The monoisotopic (exact) mass is 421 g/mol. The summed E-state index contributed by atoms with van der Waals surface area (Å²) in [5.74, 6) is 0.702. The molecule has 0 radical (unpaired) electrons. The summed E-state index contributed by atoms with van der Waals surface area (Å²) in [7, 11) is 0. The summed E-state index contributed by atoms with van der Waals surface area (Å²) in [4.78, 5) is 10.2. The second-order valence-corrected chi connectivity index (χ2v) is 9.57. The molecule has 2 aromatic rings. The molecular formula is C16H18Cl3N3S2. The van der Waals surface area contributed by atoms with E-state index < -0.39 is 0 Å². The van der Waals surface area contributed by atoms with Gasteiger partial charge in [-0.1, -0.05) is 55.6 Å². The molecule has 0 bridgehead atoms. The molecule has 0 aliphatic rings. The summed E-state index contributed by atoms with van der Waals surface area (Å²) in [5.41, 5.74) is 0. The Bertz CT molecular complexity index is 698. The smallest absolute Gasteiger partial charge is 0.148 e. The van der Waals surface area contributed by atoms with Crippen molar-refractivity contribution < 1.29 is 0 Å². The van der Waals surface area contributed by atoms with Crippen LogP contribution in [-0.4, -0.2) is 27.0 Å². The predicted molar refractivity (Wildman–Crippen MR) is 108 cm³/mol. The van der Waals surface area contributed by atoms with Crippen molar-refractivity contribution in [2.75, 3.05) is 11.9 Å². The highest BCUT2D eigenvalue weighted by Gasteiger charge is 2.13. The number of anilines is 1. The van der Waals surface area contributed by atoms with Gasteiger partial charge in [0.15, 0.2) is 0 Å². The van der Waals surface area contributed by atoms with Gasteiger partial charge in [-0.15, -0.1) is 23.5 Å². The molecule has 0 aliphatic carbocycles. The number of rotatable bonds is 7. The summed E-state index contributed by atoms with van der Waals surface area (Å²) in [6.07, 6.45) is 3.43. The highest BCUT2D eigenvalue weighted by Crippen LogP contribution is 2.35. The van der Waals surface area contributed by atoms with Gasteiger partial charge in [-0.3, -0.25) is 0 Å². The molecule has 2 heterocycles. The number of halogens is 3. The first kappa shape index (κ1) is 20.0. The second-order valence-electron chi connectivity index (χ2n) is 5.36. The number of pyridine rings is 2. The van der Waals surface area contributed by atoms with Crippen molar-refractivity contribution in [2.45, 2.75) is 41.1 Å². The first-order valence-electron chi connectivity index (χ1n) is 7.40. The Balaban J connectivity index is 1.99. The van der Waals surface area contributed by atoms with Crippen LogP contribution in [0, 0.1) is 0 Å². The third-order valence-corrected chi connectivity index (χ3v) is 6.51. The lowest BCUT2D eigenvalue weighted by molar-refractivity contribution is 0.984. The maximum absolute atomic E-state index is 6.44. The van der Waals surface area contributed by atoms with Crippen LogP contribution in [-0.2, 0) is 0 Å². The number of hydrogen-bond donors (Lipinski definition) is 1. The first-order valence-corrected chi connectivity index (χ1v) is 10.3. The molecule has 0 aromatic carbocycles. The van der Waals surface area contributed by atoms with Crippen molar-refractivity contribution in [1.29, 1.82) is 0 Å². The topological polar surface area (TPSA) is 37.8 Å². The van der Waals surface area contributed by atoms with Gasteiger partial charge in [0.2, 0.25) is 0 Å². The molecule has 1 unspecified atom stereocenters. The van der Waals surface area contributed by atoms with E-state index in [0.717, 1.165) is 9.79 Å². The van der Waals surface area contributed by atoms with E-state index in [9.17, 15) is 0 Å². The van der Waals surface area contributed by atoms with Gasteiger partial charge in [0.1, 0.15) is 11.0 Å². The minimum atomic E-state index is 0.250. The predicted octanol–water partition coefficient (Wildman–Crippen LogP) is 6.53. The van der Waals surface area contributed by atoms with Crippen molar-refractivity contribution in [3.63, 3.8) is 0 Å². The Labute approximate surface area is 166 Å². The van der Waals surface area contributed by atoms with E-state index >= 15 is 0 Å². The van der Waals surface area contributed by atoms with Crippen LogP contribution in [0.2, 0.25) is 15.2 Å². The van der Waals surface area contributed by atoms with Crippen molar-refractivity contribution in [2.24, 2.45) is 0 Å². The van der Waals surface area contributed by atoms with Gasteiger partial charge in [-0.05, 0) is 12.1 Å². The molecule has 8 heteroatoms. The van der Waals surface area contributed by atoms with E-state index in [1.165, 1.54) is 0 Å². The average Bonchev–Trinajstić information content (AvgIpc) is 2.52. The number of thioether (sulfide) groups is 2. The van der Waals surface area contributed by atoms with Crippen LogP contribution in [0.15, 0.2) is 34.3 Å². The molecule has 130 valence electrons. The summed E-state index contributed by atoms with van der Waals surface area (Å²) in [5, 5.41) is 5.50. The van der Waals surface area contributed by atoms with E-state index in [1.54, 1.807) is 35.9 Å². The van der Waals surface area contributed by atoms with Crippen molar-refractivity contribution in [1.82, 2.24) is 9.97 Å². The lowest BCUT2D eigenvalue weighted by Gasteiger charge is -2.16. The number of nitrogens with zero attached hydrogens (tertiary/aromatic N) is 2. The van der Waals surface area contributed by atoms with E-state index in [4.69, 9.17) is 34.8 Å². The molecule has 0 saturated carbocycles. The van der Waals surface area contributed by atoms with Gasteiger partial charge in [0.25, 0.3) is 0 Å². The molecule has 0 aliphatic heterocycles. The fourth-order valence-electron chi connectivity index (χ4n) is 1.89. The van der Waals surface area contributed by atoms with Crippen molar-refractivity contribution in [3.8, 4) is 0 Å². The summed E-state index contributed by atoms with van der Waals surface area (Å²) in [6, 6.07) is 3.80. The molecule has 1 N–H and O–H groups in total. The molecule has 0 fully saturated rings. The molecule has 0 saturated heterocycles. The zero-order chi connectivity index (χ0) is 17.7. The van der Waals surface area contributed by atoms with E-state index in [0.29, 0.717) is 32.8 Å². The molecule has 0 amide bonds. The van der Waals surface area contributed by atoms with Crippen LogP contribution in [0.1, 0.15) is 20.8 Å². The number of hydrogen-bond acceptors (Lipinski definition) is 5. The lowest BCUT2D eigenvalue weighted by Crippen LogP contribution is -2.14. The Morgan fingerprint density at radius 2 is 1.58 bits per heavy atom. The quantitative estimate of drug-likeness (QED) is 0.405. The highest BCUT2D eigenvalue weighted by atomic mass is 35.5. The molecule has 2 aromatic heterocycles. The van der Waals surface area contributed by atoms with Crippen LogP contribution >= 0.6 is 58.3 Å². The highest BCUT2D eigenvalue weighted by molar-refractivity contribution is 8.00. The average molecular weight is 423 g/mol. The minimum Gasteiger partial charge on any atom is -0.368 e. The van der Waals surface area contributed by atoms with Crippen LogP contribution in [0.4, 0.5) is 5.82 Å². The molecule has 24 heavy (non-hydrogen) atoms. The molecule has 1 atom stereocenters. The first-order chi connectivity index (χ1) is 11.4. The summed E-state index contributed by atoms with van der Waals surface area (Å²) in [6.45, 7) is 7.07. The molecule has 2 rings (SSSR count). The van der Waals surface area contributed by atoms with Gasteiger partial charge in [0.05, 0.1) is 10.0 Å². The van der Waals surface area contributed by atoms with Gasteiger partial charge in [-0.2, -0.15) is 0 Å². The van der Waals surface area contributed by atoms with Gasteiger partial charge < -0.3 is 5.32 Å². The third-order valence-electron chi connectivity index (χ3n) is 2.91. The Hall–Kier alpha value is -0.330. The van der Waals surface area contributed by atoms with Gasteiger partial charge in [-0.25, -0.2) is 9.97 Å². The molecule has 3 nitrogen and oxygen atoms in total. The minimum absolute atomic E-state index is 0.250. The SMILES string of the molecule is CC(C)Sc1ccnc(NCC(C)Sc2ccnc(Cl)c2Cl)c1Cl. The maximum atomic E-state index is 6.44. The maximum Gasteiger partial charge on any atom is 0.148 e. The van der Waals surface area contributed by atoms with Crippen LogP contribution in [0.5, 0.6) is 0 Å². The lowest BCUT2D eigenvalue weighted by atomic mass is 10.4. The Morgan fingerprint density at radius 3 is 2.25 bits per heavy atom. The van der Waals surface area contributed by atoms with E-state index in [1.807, 2.05) is 12.1 Å². The molecular weight excluding hydrogens is 405 g/mol. The Morgan fingerprint density at radius 1 is 0.958 bits per heavy atom. The van der Waals surface area contributed by atoms with E-state index in [-0.39, 0.29) is 5.25 Å². The zero-order valence-electron chi connectivity index (χ0n) is 13.5. The number of aromatic nitrogens is 2. The Kier molecular flexibility index (Phi) is 7.82.